The van der Waals surface area contributed by atoms with Gasteiger partial charge in [0.15, 0.2) is 0 Å². The predicted octanol–water partition coefficient (Wildman–Crippen LogP) is 0.261. The summed E-state index contributed by atoms with van der Waals surface area (Å²) in [6.45, 7) is 0. The second-order valence-electron chi connectivity index (χ2n) is 2.44. The van der Waals surface area contributed by atoms with Crippen molar-refractivity contribution in [3.63, 3.8) is 0 Å². The minimum absolute atomic E-state index is 0.245. The highest BCUT2D eigenvalue weighted by molar-refractivity contribution is 7.79. The molecule has 0 saturated carbocycles. The molecule has 0 aromatic heterocycles. The van der Waals surface area contributed by atoms with E-state index in [1.54, 1.807) is 0 Å². The Morgan fingerprint density at radius 1 is 1.80 bits per heavy atom. The van der Waals surface area contributed by atoms with Gasteiger partial charge in [-0.05, 0) is 19.3 Å². The van der Waals surface area contributed by atoms with Crippen LogP contribution in [0.1, 0.15) is 19.3 Å². The van der Waals surface area contributed by atoms with Gasteiger partial charge < -0.3 is 10.3 Å². The van der Waals surface area contributed by atoms with Crippen LogP contribution in [0, 0.1) is 0 Å². The van der Waals surface area contributed by atoms with Gasteiger partial charge in [-0.2, -0.15) is 0 Å². The van der Waals surface area contributed by atoms with Crippen molar-refractivity contribution in [2.24, 2.45) is 5.73 Å². The third-order valence-corrected chi connectivity index (χ3v) is 2.58. The Balaban J connectivity index is 2.53. The molecule has 0 radical (unpaired) electrons. The van der Waals surface area contributed by atoms with Gasteiger partial charge in [0.25, 0.3) is 0 Å². The van der Waals surface area contributed by atoms with Gasteiger partial charge >= 0.3 is 0 Å². The van der Waals surface area contributed by atoms with Crippen molar-refractivity contribution in [2.45, 2.75) is 24.5 Å². The molecule has 0 aromatic carbocycles. The second kappa shape index (κ2) is 3.16. The molecule has 2 unspecified atom stereocenters. The van der Waals surface area contributed by atoms with Gasteiger partial charge in [-0.1, -0.05) is 17.2 Å². The van der Waals surface area contributed by atoms with Gasteiger partial charge in [0.2, 0.25) is 0 Å². The summed E-state index contributed by atoms with van der Waals surface area (Å²) in [5.41, 5.74) is 6.16. The van der Waals surface area contributed by atoms with Crippen molar-refractivity contribution in [2.75, 3.05) is 0 Å². The Bertz CT molecular complexity index is 179. The number of hydrogen-bond donors (Lipinski definition) is 1. The third kappa shape index (κ3) is 1.82. The molecular weight excluding hydrogens is 150 g/mol. The van der Waals surface area contributed by atoms with E-state index in [-0.39, 0.29) is 5.25 Å². The Hall–Kier alpha value is -0.350. The van der Waals surface area contributed by atoms with E-state index in [2.05, 4.69) is 0 Å². The normalized spacial score (nSPS) is 29.3. The molecule has 1 aliphatic rings. The molecule has 0 aliphatic heterocycles. The van der Waals surface area contributed by atoms with E-state index >= 15 is 0 Å². The van der Waals surface area contributed by atoms with E-state index < -0.39 is 11.1 Å². The summed E-state index contributed by atoms with van der Waals surface area (Å²) in [7, 11) is 0. The molecule has 1 aliphatic carbocycles. The van der Waals surface area contributed by atoms with Gasteiger partial charge in [0.1, 0.15) is 0 Å². The molecule has 0 aromatic rings. The fourth-order valence-electron chi connectivity index (χ4n) is 1.07. The first kappa shape index (κ1) is 7.75. The summed E-state index contributed by atoms with van der Waals surface area (Å²) in [5.74, 6) is 0. The lowest BCUT2D eigenvalue weighted by molar-refractivity contribution is 0.510. The average Bonchev–Trinajstić information content (AvgIpc) is 1.88. The number of hydrogen-bond acceptors (Lipinski definition) is 3. The average molecular weight is 160 g/mol. The van der Waals surface area contributed by atoms with Crippen LogP contribution in [0.2, 0.25) is 0 Å². The second-order valence-corrected chi connectivity index (χ2v) is 3.63. The van der Waals surface area contributed by atoms with Gasteiger partial charge in [-0.25, -0.2) is 0 Å². The van der Waals surface area contributed by atoms with E-state index in [1.165, 1.54) is 0 Å². The molecule has 2 N–H and O–H groups in total. The minimum Gasteiger partial charge on any atom is -0.772 e. The SMILES string of the molecule is NC1=CCCC(S(=O)[O-])C1. The first-order valence-corrected chi connectivity index (χ1v) is 4.36. The monoisotopic (exact) mass is 160 g/mol. The van der Waals surface area contributed by atoms with Crippen LogP contribution in [-0.2, 0) is 11.1 Å². The number of nitrogens with two attached hydrogens (primary N) is 1. The Labute approximate surface area is 62.6 Å². The van der Waals surface area contributed by atoms with Crippen LogP contribution in [-0.4, -0.2) is 14.0 Å². The van der Waals surface area contributed by atoms with Crippen LogP contribution in [0.15, 0.2) is 11.8 Å². The van der Waals surface area contributed by atoms with E-state index in [4.69, 9.17) is 5.73 Å². The summed E-state index contributed by atoms with van der Waals surface area (Å²) >= 11 is -1.94. The maximum absolute atomic E-state index is 10.4. The van der Waals surface area contributed by atoms with Crippen molar-refractivity contribution in [1.82, 2.24) is 0 Å². The molecule has 4 heteroatoms. The maximum Gasteiger partial charge on any atom is 0.0273 e. The van der Waals surface area contributed by atoms with Gasteiger partial charge in [0, 0.05) is 10.9 Å². The lowest BCUT2D eigenvalue weighted by atomic mass is 10.1. The maximum atomic E-state index is 10.4. The van der Waals surface area contributed by atoms with Crippen LogP contribution < -0.4 is 5.73 Å². The molecule has 0 saturated heterocycles. The lowest BCUT2D eigenvalue weighted by Gasteiger charge is -2.22. The zero-order chi connectivity index (χ0) is 7.56. The fourth-order valence-corrected chi connectivity index (χ4v) is 1.72. The van der Waals surface area contributed by atoms with Crippen LogP contribution in [0.25, 0.3) is 0 Å². The van der Waals surface area contributed by atoms with E-state index in [9.17, 15) is 8.76 Å². The Kier molecular flexibility index (Phi) is 2.45. The molecule has 10 heavy (non-hydrogen) atoms. The molecule has 0 spiro atoms. The van der Waals surface area contributed by atoms with Crippen LogP contribution in [0.5, 0.6) is 0 Å². The van der Waals surface area contributed by atoms with Crippen LogP contribution in [0.4, 0.5) is 0 Å². The smallest absolute Gasteiger partial charge is 0.0273 e. The minimum atomic E-state index is -1.94. The predicted molar refractivity (Wildman–Crippen MR) is 38.8 cm³/mol. The highest BCUT2D eigenvalue weighted by Crippen LogP contribution is 2.18. The van der Waals surface area contributed by atoms with Gasteiger partial charge in [-0.15, -0.1) is 0 Å². The Morgan fingerprint density at radius 3 is 2.90 bits per heavy atom. The highest BCUT2D eigenvalue weighted by Gasteiger charge is 2.13. The fraction of sp³-hybridized carbons (Fsp3) is 0.667. The van der Waals surface area contributed by atoms with Crippen molar-refractivity contribution in [3.8, 4) is 0 Å². The molecule has 58 valence electrons. The standard InChI is InChI=1S/C6H11NO2S/c7-5-2-1-3-6(4-5)10(8)9/h2,6H,1,3-4,7H2,(H,8,9)/p-1. The van der Waals surface area contributed by atoms with E-state index in [0.29, 0.717) is 12.1 Å². The van der Waals surface area contributed by atoms with E-state index in [1.807, 2.05) is 6.08 Å². The largest absolute Gasteiger partial charge is 0.772 e. The molecule has 2 atom stereocenters. The zero-order valence-corrected chi connectivity index (χ0v) is 6.39. The summed E-state index contributed by atoms with van der Waals surface area (Å²) in [6, 6.07) is 0. The van der Waals surface area contributed by atoms with Crippen molar-refractivity contribution in [3.05, 3.63) is 11.8 Å². The quantitative estimate of drug-likeness (QED) is 0.559. The molecule has 0 heterocycles. The lowest BCUT2D eigenvalue weighted by Crippen LogP contribution is -2.21. The first-order valence-electron chi connectivity index (χ1n) is 3.22. The zero-order valence-electron chi connectivity index (χ0n) is 5.58. The Morgan fingerprint density at radius 2 is 2.50 bits per heavy atom. The van der Waals surface area contributed by atoms with Crippen molar-refractivity contribution >= 4 is 11.1 Å². The molecule has 0 bridgehead atoms. The van der Waals surface area contributed by atoms with Crippen LogP contribution >= 0.6 is 0 Å². The topological polar surface area (TPSA) is 66.2 Å². The van der Waals surface area contributed by atoms with Gasteiger partial charge in [-0.3, -0.25) is 4.21 Å². The molecule has 0 fully saturated rings. The third-order valence-electron chi connectivity index (χ3n) is 1.63. The highest BCUT2D eigenvalue weighted by atomic mass is 32.2. The summed E-state index contributed by atoms with van der Waals surface area (Å²) < 4.78 is 20.8. The molecular formula is C6H10NO2S-. The van der Waals surface area contributed by atoms with Crippen molar-refractivity contribution in [1.29, 1.82) is 0 Å². The first-order chi connectivity index (χ1) is 4.70. The summed E-state index contributed by atoms with van der Waals surface area (Å²) in [6.07, 6.45) is 3.92. The molecule has 0 amide bonds. The number of rotatable bonds is 1. The van der Waals surface area contributed by atoms with Crippen LogP contribution in [0.3, 0.4) is 0 Å². The van der Waals surface area contributed by atoms with Crippen molar-refractivity contribution < 1.29 is 8.76 Å². The van der Waals surface area contributed by atoms with Gasteiger partial charge in [0.05, 0.1) is 0 Å². The number of allylic oxidation sites excluding steroid dienone is 2. The molecule has 3 nitrogen and oxygen atoms in total. The molecule has 1 rings (SSSR count). The summed E-state index contributed by atoms with van der Waals surface area (Å²) in [5, 5.41) is -0.245. The summed E-state index contributed by atoms with van der Waals surface area (Å²) in [4.78, 5) is 0. The van der Waals surface area contributed by atoms with E-state index in [0.717, 1.165) is 12.8 Å².